The Balaban J connectivity index is 2.76. The van der Waals surface area contributed by atoms with Gasteiger partial charge in [-0.3, -0.25) is 0 Å². The SMILES string of the molecule is CCC(CC)CC(N)c1ccc(F)cc1Br. The molecule has 1 aromatic carbocycles. The molecule has 16 heavy (non-hydrogen) atoms. The molecule has 0 saturated heterocycles. The minimum Gasteiger partial charge on any atom is -0.324 e. The van der Waals surface area contributed by atoms with Gasteiger partial charge in [0.15, 0.2) is 0 Å². The molecule has 0 fully saturated rings. The van der Waals surface area contributed by atoms with Crippen LogP contribution in [-0.4, -0.2) is 0 Å². The van der Waals surface area contributed by atoms with Gasteiger partial charge in [0.1, 0.15) is 5.82 Å². The molecular formula is C13H19BrFN. The Hall–Kier alpha value is -0.410. The molecule has 1 aromatic rings. The van der Waals surface area contributed by atoms with Crippen molar-refractivity contribution in [1.82, 2.24) is 0 Å². The van der Waals surface area contributed by atoms with Gasteiger partial charge in [0.2, 0.25) is 0 Å². The van der Waals surface area contributed by atoms with Crippen molar-refractivity contribution in [3.63, 3.8) is 0 Å². The first-order chi connectivity index (χ1) is 7.58. The molecule has 0 aliphatic rings. The summed E-state index contributed by atoms with van der Waals surface area (Å²) >= 11 is 3.36. The van der Waals surface area contributed by atoms with Crippen LogP contribution in [-0.2, 0) is 0 Å². The van der Waals surface area contributed by atoms with Crippen LogP contribution in [0.5, 0.6) is 0 Å². The summed E-state index contributed by atoms with van der Waals surface area (Å²) in [6.45, 7) is 4.36. The third-order valence-corrected chi connectivity index (χ3v) is 3.79. The third kappa shape index (κ3) is 3.56. The lowest BCUT2D eigenvalue weighted by atomic mass is 9.92. The molecule has 1 atom stereocenters. The van der Waals surface area contributed by atoms with E-state index in [2.05, 4.69) is 29.8 Å². The van der Waals surface area contributed by atoms with Crippen molar-refractivity contribution in [2.24, 2.45) is 11.7 Å². The van der Waals surface area contributed by atoms with Crippen molar-refractivity contribution in [1.29, 1.82) is 0 Å². The molecule has 0 heterocycles. The Labute approximate surface area is 105 Å². The first-order valence-corrected chi connectivity index (χ1v) is 6.58. The highest BCUT2D eigenvalue weighted by atomic mass is 79.9. The van der Waals surface area contributed by atoms with Gasteiger partial charge in [0.05, 0.1) is 0 Å². The van der Waals surface area contributed by atoms with E-state index in [-0.39, 0.29) is 11.9 Å². The first kappa shape index (κ1) is 13.7. The fourth-order valence-corrected chi connectivity index (χ4v) is 2.56. The molecule has 1 rings (SSSR count). The molecule has 1 nitrogen and oxygen atoms in total. The van der Waals surface area contributed by atoms with Gasteiger partial charge in [-0.05, 0) is 30.0 Å². The second-order valence-electron chi connectivity index (χ2n) is 4.19. The van der Waals surface area contributed by atoms with E-state index in [1.807, 2.05) is 0 Å². The van der Waals surface area contributed by atoms with Crippen LogP contribution in [0.1, 0.15) is 44.7 Å². The van der Waals surface area contributed by atoms with Crippen molar-refractivity contribution in [2.75, 3.05) is 0 Å². The van der Waals surface area contributed by atoms with E-state index in [9.17, 15) is 4.39 Å². The molecule has 90 valence electrons. The van der Waals surface area contributed by atoms with Crippen molar-refractivity contribution in [2.45, 2.75) is 39.2 Å². The van der Waals surface area contributed by atoms with E-state index in [0.29, 0.717) is 5.92 Å². The van der Waals surface area contributed by atoms with Crippen LogP contribution in [0.4, 0.5) is 4.39 Å². The lowest BCUT2D eigenvalue weighted by Gasteiger charge is -2.19. The smallest absolute Gasteiger partial charge is 0.124 e. The Morgan fingerprint density at radius 1 is 1.31 bits per heavy atom. The van der Waals surface area contributed by atoms with Crippen LogP contribution in [0.2, 0.25) is 0 Å². The molecule has 0 saturated carbocycles. The van der Waals surface area contributed by atoms with E-state index in [1.54, 1.807) is 6.07 Å². The predicted molar refractivity (Wildman–Crippen MR) is 69.7 cm³/mol. The van der Waals surface area contributed by atoms with Crippen LogP contribution < -0.4 is 5.73 Å². The average molecular weight is 288 g/mol. The zero-order valence-electron chi connectivity index (χ0n) is 9.84. The second-order valence-corrected chi connectivity index (χ2v) is 5.04. The van der Waals surface area contributed by atoms with Gasteiger partial charge in [-0.15, -0.1) is 0 Å². The summed E-state index contributed by atoms with van der Waals surface area (Å²) in [7, 11) is 0. The highest BCUT2D eigenvalue weighted by molar-refractivity contribution is 9.10. The minimum atomic E-state index is -0.231. The molecule has 0 radical (unpaired) electrons. The molecule has 0 aliphatic carbocycles. The number of rotatable bonds is 5. The van der Waals surface area contributed by atoms with E-state index in [1.165, 1.54) is 12.1 Å². The van der Waals surface area contributed by atoms with Gasteiger partial charge >= 0.3 is 0 Å². The molecule has 0 amide bonds. The molecule has 2 N–H and O–H groups in total. The summed E-state index contributed by atoms with van der Waals surface area (Å²) in [5.41, 5.74) is 7.14. The van der Waals surface area contributed by atoms with Gasteiger partial charge in [-0.2, -0.15) is 0 Å². The molecule has 0 aliphatic heterocycles. The van der Waals surface area contributed by atoms with Crippen LogP contribution in [0.25, 0.3) is 0 Å². The highest BCUT2D eigenvalue weighted by Gasteiger charge is 2.14. The molecular weight excluding hydrogens is 269 g/mol. The van der Waals surface area contributed by atoms with Crippen molar-refractivity contribution in [3.8, 4) is 0 Å². The number of hydrogen-bond acceptors (Lipinski definition) is 1. The molecule has 0 spiro atoms. The molecule has 1 unspecified atom stereocenters. The zero-order valence-corrected chi connectivity index (χ0v) is 11.4. The fourth-order valence-electron chi connectivity index (χ4n) is 1.91. The zero-order chi connectivity index (χ0) is 12.1. The Kier molecular flexibility index (Phi) is 5.42. The van der Waals surface area contributed by atoms with Crippen molar-refractivity contribution in [3.05, 3.63) is 34.1 Å². The van der Waals surface area contributed by atoms with E-state index >= 15 is 0 Å². The maximum absolute atomic E-state index is 12.9. The van der Waals surface area contributed by atoms with Gasteiger partial charge in [0, 0.05) is 10.5 Å². The monoisotopic (exact) mass is 287 g/mol. The van der Waals surface area contributed by atoms with Gasteiger partial charge < -0.3 is 5.73 Å². The van der Waals surface area contributed by atoms with E-state index in [0.717, 1.165) is 29.3 Å². The third-order valence-electron chi connectivity index (χ3n) is 3.10. The number of benzene rings is 1. The van der Waals surface area contributed by atoms with Crippen molar-refractivity contribution >= 4 is 15.9 Å². The van der Waals surface area contributed by atoms with Crippen LogP contribution in [0.3, 0.4) is 0 Å². The van der Waals surface area contributed by atoms with Crippen LogP contribution in [0, 0.1) is 11.7 Å². The molecule has 0 aromatic heterocycles. The van der Waals surface area contributed by atoms with Gasteiger partial charge in [0.25, 0.3) is 0 Å². The number of nitrogens with two attached hydrogens (primary N) is 1. The van der Waals surface area contributed by atoms with E-state index in [4.69, 9.17) is 5.73 Å². The first-order valence-electron chi connectivity index (χ1n) is 5.79. The second kappa shape index (κ2) is 6.36. The lowest BCUT2D eigenvalue weighted by molar-refractivity contribution is 0.414. The number of hydrogen-bond donors (Lipinski definition) is 1. The number of halogens is 2. The van der Waals surface area contributed by atoms with Crippen LogP contribution >= 0.6 is 15.9 Å². The van der Waals surface area contributed by atoms with Crippen LogP contribution in [0.15, 0.2) is 22.7 Å². The minimum absolute atomic E-state index is 0.0140. The normalized spacial score (nSPS) is 13.1. The maximum Gasteiger partial charge on any atom is 0.124 e. The predicted octanol–water partition coefficient (Wildman–Crippen LogP) is 4.41. The van der Waals surface area contributed by atoms with Crippen molar-refractivity contribution < 1.29 is 4.39 Å². The lowest BCUT2D eigenvalue weighted by Crippen LogP contribution is -2.15. The average Bonchev–Trinajstić information content (AvgIpc) is 2.25. The summed E-state index contributed by atoms with van der Waals surface area (Å²) < 4.78 is 13.7. The summed E-state index contributed by atoms with van der Waals surface area (Å²) in [6, 6.07) is 4.70. The summed E-state index contributed by atoms with van der Waals surface area (Å²) in [6.07, 6.45) is 3.24. The van der Waals surface area contributed by atoms with E-state index < -0.39 is 0 Å². The topological polar surface area (TPSA) is 26.0 Å². The van der Waals surface area contributed by atoms with Gasteiger partial charge in [-0.1, -0.05) is 48.7 Å². The summed E-state index contributed by atoms with van der Waals surface area (Å²) in [5, 5.41) is 0. The molecule has 0 bridgehead atoms. The quantitative estimate of drug-likeness (QED) is 0.853. The maximum atomic E-state index is 12.9. The molecule has 3 heteroatoms. The summed E-state index contributed by atoms with van der Waals surface area (Å²) in [4.78, 5) is 0. The Bertz CT molecular complexity index is 337. The standard InChI is InChI=1S/C13H19BrFN/c1-3-9(4-2)7-13(16)11-6-5-10(15)8-12(11)14/h5-6,8-9,13H,3-4,7,16H2,1-2H3. The summed E-state index contributed by atoms with van der Waals surface area (Å²) in [5.74, 6) is 0.414. The Morgan fingerprint density at radius 2 is 1.94 bits per heavy atom. The highest BCUT2D eigenvalue weighted by Crippen LogP contribution is 2.28. The van der Waals surface area contributed by atoms with Gasteiger partial charge in [-0.25, -0.2) is 4.39 Å². The largest absolute Gasteiger partial charge is 0.324 e. The fraction of sp³-hybridized carbons (Fsp3) is 0.538. The Morgan fingerprint density at radius 3 is 2.44 bits per heavy atom.